The van der Waals surface area contributed by atoms with E-state index < -0.39 is 12.6 Å². The fraction of sp³-hybridized carbons (Fsp3) is 0.308. The van der Waals surface area contributed by atoms with Crippen LogP contribution in [-0.2, 0) is 13.0 Å². The van der Waals surface area contributed by atoms with E-state index >= 15 is 0 Å². The van der Waals surface area contributed by atoms with Gasteiger partial charge in [-0.1, -0.05) is 30.3 Å². The Labute approximate surface area is 113 Å². The molecule has 0 aliphatic rings. The number of aryl methyl sites for hydroxylation is 1. The number of alkyl halides is 3. The summed E-state index contributed by atoms with van der Waals surface area (Å²) in [5, 5.41) is 0.483. The predicted octanol–water partition coefficient (Wildman–Crippen LogP) is 3.76. The Morgan fingerprint density at radius 2 is 1.84 bits per heavy atom. The molecule has 2 nitrogen and oxygen atoms in total. The zero-order valence-electron chi connectivity index (χ0n) is 10.1. The van der Waals surface area contributed by atoms with Crippen molar-refractivity contribution in [2.24, 2.45) is 5.73 Å². The van der Waals surface area contributed by atoms with Crippen LogP contribution in [0.4, 0.5) is 13.2 Å². The van der Waals surface area contributed by atoms with E-state index in [4.69, 9.17) is 5.73 Å². The Kier molecular flexibility index (Phi) is 4.21. The molecule has 0 fully saturated rings. The molecule has 0 unspecified atom stereocenters. The maximum Gasteiger partial charge on any atom is 0.389 e. The molecule has 1 aromatic heterocycles. The molecule has 0 radical (unpaired) electrons. The monoisotopic (exact) mass is 286 g/mol. The van der Waals surface area contributed by atoms with Crippen molar-refractivity contribution >= 4 is 11.3 Å². The second-order valence-electron chi connectivity index (χ2n) is 4.06. The van der Waals surface area contributed by atoms with E-state index in [1.165, 1.54) is 11.3 Å². The average Bonchev–Trinajstić information content (AvgIpc) is 2.80. The normalized spacial score (nSPS) is 11.8. The minimum atomic E-state index is -4.15. The topological polar surface area (TPSA) is 38.9 Å². The van der Waals surface area contributed by atoms with Crippen LogP contribution in [0.15, 0.2) is 30.3 Å². The van der Waals surface area contributed by atoms with E-state index in [0.29, 0.717) is 10.7 Å². The number of rotatable bonds is 4. The van der Waals surface area contributed by atoms with Gasteiger partial charge in [0.25, 0.3) is 0 Å². The van der Waals surface area contributed by atoms with Crippen LogP contribution in [0.5, 0.6) is 0 Å². The van der Waals surface area contributed by atoms with Crippen molar-refractivity contribution in [3.63, 3.8) is 0 Å². The van der Waals surface area contributed by atoms with E-state index in [0.717, 1.165) is 10.4 Å². The number of nitrogens with zero attached hydrogens (tertiary/aromatic N) is 1. The molecule has 0 spiro atoms. The van der Waals surface area contributed by atoms with Gasteiger partial charge < -0.3 is 5.73 Å². The van der Waals surface area contributed by atoms with Crippen molar-refractivity contribution in [3.05, 3.63) is 40.2 Å². The summed E-state index contributed by atoms with van der Waals surface area (Å²) in [5.41, 5.74) is 7.22. The van der Waals surface area contributed by atoms with E-state index in [1.807, 2.05) is 30.3 Å². The minimum Gasteiger partial charge on any atom is -0.326 e. The summed E-state index contributed by atoms with van der Waals surface area (Å²) < 4.78 is 36.6. The molecule has 0 bridgehead atoms. The molecule has 19 heavy (non-hydrogen) atoms. The Bertz CT molecular complexity index is 535. The zero-order chi connectivity index (χ0) is 13.9. The predicted molar refractivity (Wildman–Crippen MR) is 69.8 cm³/mol. The lowest BCUT2D eigenvalue weighted by Crippen LogP contribution is -2.08. The fourth-order valence-electron chi connectivity index (χ4n) is 1.72. The van der Waals surface area contributed by atoms with Crippen molar-refractivity contribution < 1.29 is 13.2 Å². The first-order chi connectivity index (χ1) is 8.99. The first-order valence-electron chi connectivity index (χ1n) is 5.80. The molecular weight excluding hydrogens is 273 g/mol. The fourth-order valence-corrected chi connectivity index (χ4v) is 2.68. The zero-order valence-corrected chi connectivity index (χ0v) is 10.9. The van der Waals surface area contributed by atoms with Crippen molar-refractivity contribution in [1.82, 2.24) is 4.98 Å². The molecule has 0 aliphatic heterocycles. The molecule has 2 rings (SSSR count). The Morgan fingerprint density at radius 3 is 2.42 bits per heavy atom. The molecule has 0 atom stereocenters. The van der Waals surface area contributed by atoms with Crippen LogP contribution in [0.3, 0.4) is 0 Å². The highest BCUT2D eigenvalue weighted by molar-refractivity contribution is 7.12. The maximum atomic E-state index is 12.2. The largest absolute Gasteiger partial charge is 0.389 e. The summed E-state index contributed by atoms with van der Waals surface area (Å²) >= 11 is 1.26. The number of benzene rings is 1. The molecule has 102 valence electrons. The van der Waals surface area contributed by atoms with Gasteiger partial charge in [-0.25, -0.2) is 4.98 Å². The van der Waals surface area contributed by atoms with Gasteiger partial charge in [-0.2, -0.15) is 13.2 Å². The Morgan fingerprint density at radius 1 is 1.16 bits per heavy atom. The highest BCUT2D eigenvalue weighted by atomic mass is 32.1. The van der Waals surface area contributed by atoms with Crippen LogP contribution in [0, 0.1) is 0 Å². The number of halogens is 3. The SMILES string of the molecule is NCc1sc(CCC(F)(F)F)nc1-c1ccccc1. The summed E-state index contributed by atoms with van der Waals surface area (Å²) in [6, 6.07) is 9.36. The van der Waals surface area contributed by atoms with Crippen LogP contribution in [0.25, 0.3) is 11.3 Å². The van der Waals surface area contributed by atoms with Gasteiger partial charge in [0.15, 0.2) is 0 Å². The van der Waals surface area contributed by atoms with Gasteiger partial charge in [0.2, 0.25) is 0 Å². The van der Waals surface area contributed by atoms with Crippen molar-refractivity contribution in [2.45, 2.75) is 25.6 Å². The quantitative estimate of drug-likeness (QED) is 0.929. The van der Waals surface area contributed by atoms with E-state index in [9.17, 15) is 13.2 Å². The Balaban J connectivity index is 2.23. The van der Waals surface area contributed by atoms with E-state index in [2.05, 4.69) is 4.98 Å². The molecule has 6 heteroatoms. The van der Waals surface area contributed by atoms with Gasteiger partial charge in [-0.15, -0.1) is 11.3 Å². The third kappa shape index (κ3) is 3.78. The van der Waals surface area contributed by atoms with Gasteiger partial charge >= 0.3 is 6.18 Å². The van der Waals surface area contributed by atoms with Gasteiger partial charge in [0, 0.05) is 29.8 Å². The second kappa shape index (κ2) is 5.71. The molecule has 0 aliphatic carbocycles. The summed E-state index contributed by atoms with van der Waals surface area (Å²) in [7, 11) is 0. The number of hydrogen-bond donors (Lipinski definition) is 1. The molecule has 0 amide bonds. The van der Waals surface area contributed by atoms with Gasteiger partial charge in [0.05, 0.1) is 10.7 Å². The van der Waals surface area contributed by atoms with Crippen molar-refractivity contribution in [3.8, 4) is 11.3 Å². The van der Waals surface area contributed by atoms with Gasteiger partial charge in [-0.05, 0) is 0 Å². The summed E-state index contributed by atoms with van der Waals surface area (Å²) in [6.07, 6.45) is -5.09. The lowest BCUT2D eigenvalue weighted by atomic mass is 10.1. The molecule has 1 aromatic carbocycles. The molecule has 0 saturated heterocycles. The summed E-state index contributed by atoms with van der Waals surface area (Å²) in [5.74, 6) is 0. The van der Waals surface area contributed by atoms with Crippen molar-refractivity contribution in [1.29, 1.82) is 0 Å². The first kappa shape index (κ1) is 14.0. The van der Waals surface area contributed by atoms with Crippen LogP contribution in [-0.4, -0.2) is 11.2 Å². The van der Waals surface area contributed by atoms with Crippen LogP contribution in [0.1, 0.15) is 16.3 Å². The maximum absolute atomic E-state index is 12.2. The molecular formula is C13H13F3N2S. The number of nitrogens with two attached hydrogens (primary N) is 1. The van der Waals surface area contributed by atoms with Crippen LogP contribution >= 0.6 is 11.3 Å². The third-order valence-electron chi connectivity index (χ3n) is 2.60. The number of aromatic nitrogens is 1. The second-order valence-corrected chi connectivity index (χ2v) is 5.23. The lowest BCUT2D eigenvalue weighted by molar-refractivity contribution is -0.133. The molecule has 1 heterocycles. The highest BCUT2D eigenvalue weighted by Crippen LogP contribution is 2.30. The van der Waals surface area contributed by atoms with Gasteiger partial charge in [0.1, 0.15) is 0 Å². The minimum absolute atomic E-state index is 0.0893. The Hall–Kier alpha value is -1.40. The smallest absolute Gasteiger partial charge is 0.326 e. The molecule has 0 saturated carbocycles. The molecule has 2 N–H and O–H groups in total. The average molecular weight is 286 g/mol. The van der Waals surface area contributed by atoms with E-state index in [1.54, 1.807) is 0 Å². The van der Waals surface area contributed by atoms with Gasteiger partial charge in [-0.3, -0.25) is 0 Å². The molecule has 2 aromatic rings. The van der Waals surface area contributed by atoms with E-state index in [-0.39, 0.29) is 13.0 Å². The summed E-state index contributed by atoms with van der Waals surface area (Å²) in [6.45, 7) is 0.286. The number of thiazole rings is 1. The van der Waals surface area contributed by atoms with Crippen molar-refractivity contribution in [2.75, 3.05) is 0 Å². The van der Waals surface area contributed by atoms with Crippen LogP contribution in [0.2, 0.25) is 0 Å². The lowest BCUT2D eigenvalue weighted by Gasteiger charge is -2.02. The highest BCUT2D eigenvalue weighted by Gasteiger charge is 2.27. The standard InChI is InChI=1S/C13H13F3N2S/c14-13(15,16)7-6-11-18-12(10(8-17)19-11)9-4-2-1-3-5-9/h1-5H,6-8,17H2. The third-order valence-corrected chi connectivity index (χ3v) is 3.73. The first-order valence-corrected chi connectivity index (χ1v) is 6.62. The number of hydrogen-bond acceptors (Lipinski definition) is 3. The van der Waals surface area contributed by atoms with Crippen LogP contribution < -0.4 is 5.73 Å². The summed E-state index contributed by atoms with van der Waals surface area (Å²) in [4.78, 5) is 5.12.